The second-order valence-electron chi connectivity index (χ2n) is 13.7. The monoisotopic (exact) mass is 677 g/mol. The van der Waals surface area contributed by atoms with Crippen molar-refractivity contribution >= 4 is 82.5 Å². The zero-order valence-corrected chi connectivity index (χ0v) is 28.7. The minimum Gasteiger partial charge on any atom is -0.456 e. The van der Waals surface area contributed by atoms with Gasteiger partial charge < -0.3 is 13.7 Å². The Morgan fingerprint density at radius 3 is 1.83 bits per heavy atom. The van der Waals surface area contributed by atoms with Gasteiger partial charge in [0.2, 0.25) is 0 Å². The van der Waals surface area contributed by atoms with Crippen LogP contribution in [0.15, 0.2) is 197 Å². The minimum atomic E-state index is 0.864. The van der Waals surface area contributed by atoms with Crippen molar-refractivity contribution in [1.29, 1.82) is 0 Å². The number of furan rings is 2. The molecule has 2 heterocycles. The molecule has 0 atom stereocenters. The molecule has 11 rings (SSSR count). The van der Waals surface area contributed by atoms with Gasteiger partial charge in [0.05, 0.1) is 11.1 Å². The lowest BCUT2D eigenvalue weighted by Gasteiger charge is -2.27. The molecular weight excluding hydrogens is 647 g/mol. The normalized spacial score (nSPS) is 11.8. The second kappa shape index (κ2) is 11.7. The number of hydrogen-bond acceptors (Lipinski definition) is 3. The minimum absolute atomic E-state index is 0.864. The largest absolute Gasteiger partial charge is 0.456 e. The molecule has 0 saturated carbocycles. The van der Waals surface area contributed by atoms with Crippen molar-refractivity contribution in [2.75, 3.05) is 4.90 Å². The van der Waals surface area contributed by atoms with Crippen molar-refractivity contribution < 1.29 is 8.83 Å². The number of hydrogen-bond donors (Lipinski definition) is 0. The molecule has 11 aromatic rings. The molecule has 0 aliphatic carbocycles. The third-order valence-electron chi connectivity index (χ3n) is 10.7. The van der Waals surface area contributed by atoms with Crippen LogP contribution < -0.4 is 4.90 Å². The van der Waals surface area contributed by atoms with Crippen LogP contribution in [0.2, 0.25) is 0 Å². The fourth-order valence-electron chi connectivity index (χ4n) is 8.12. The first-order chi connectivity index (χ1) is 26.3. The summed E-state index contributed by atoms with van der Waals surface area (Å²) < 4.78 is 13.0. The molecule has 0 fully saturated rings. The number of fused-ring (bicyclic) bond motifs is 9. The summed E-state index contributed by atoms with van der Waals surface area (Å²) in [5.74, 6) is 0. The SMILES string of the molecule is c1ccc(-c2ccc(N(c3ccc(-c4ccc5c(ccc6ccccc65)c4)cc3)c3ccc4oc5ccccc5c4c3)c3c2oc2ccccc23)cc1. The van der Waals surface area contributed by atoms with E-state index in [1.54, 1.807) is 0 Å². The highest BCUT2D eigenvalue weighted by molar-refractivity contribution is 6.17. The Hall–Kier alpha value is -7.10. The molecule has 248 valence electrons. The van der Waals surface area contributed by atoms with E-state index in [4.69, 9.17) is 8.83 Å². The third kappa shape index (κ3) is 4.75. The lowest BCUT2D eigenvalue weighted by Crippen LogP contribution is -2.10. The van der Waals surface area contributed by atoms with Crippen LogP contribution in [0.5, 0.6) is 0 Å². The standard InChI is InChI=1S/C50H31NO2/c1-2-10-33(11-3-1)41-27-28-45(49-43-15-7-9-17-47(43)53-50(41)49)51(38-25-29-48-44(31-38)42-14-6-8-16-46(42)52-48)37-23-20-32(21-24-37)35-22-26-40-36(30-35)19-18-34-12-4-5-13-39(34)40/h1-31H. The maximum absolute atomic E-state index is 6.71. The molecule has 0 saturated heterocycles. The number of nitrogens with zero attached hydrogens (tertiary/aromatic N) is 1. The first-order valence-electron chi connectivity index (χ1n) is 18.0. The fraction of sp³-hybridized carbons (Fsp3) is 0. The maximum atomic E-state index is 6.71. The summed E-state index contributed by atoms with van der Waals surface area (Å²) in [6.45, 7) is 0. The Kier molecular flexibility index (Phi) is 6.55. The first-order valence-corrected chi connectivity index (χ1v) is 18.0. The number of anilines is 3. The fourth-order valence-corrected chi connectivity index (χ4v) is 8.12. The highest BCUT2D eigenvalue weighted by Gasteiger charge is 2.23. The Morgan fingerprint density at radius 2 is 0.981 bits per heavy atom. The quantitative estimate of drug-likeness (QED) is 0.170. The molecule has 0 spiro atoms. The smallest absolute Gasteiger partial charge is 0.145 e. The van der Waals surface area contributed by atoms with Crippen molar-refractivity contribution in [3.63, 3.8) is 0 Å². The van der Waals surface area contributed by atoms with E-state index >= 15 is 0 Å². The first kappa shape index (κ1) is 29.6. The molecule has 3 nitrogen and oxygen atoms in total. The van der Waals surface area contributed by atoms with Crippen molar-refractivity contribution in [2.45, 2.75) is 0 Å². The molecule has 0 aliphatic heterocycles. The van der Waals surface area contributed by atoms with Crippen LogP contribution in [-0.4, -0.2) is 0 Å². The van der Waals surface area contributed by atoms with Gasteiger partial charge in [0.1, 0.15) is 22.3 Å². The zero-order valence-electron chi connectivity index (χ0n) is 28.7. The summed E-state index contributed by atoms with van der Waals surface area (Å²) in [6.07, 6.45) is 0. The van der Waals surface area contributed by atoms with Crippen LogP contribution in [-0.2, 0) is 0 Å². The Labute approximate surface area is 305 Å². The van der Waals surface area contributed by atoms with Crippen molar-refractivity contribution in [3.05, 3.63) is 188 Å². The van der Waals surface area contributed by atoms with Crippen molar-refractivity contribution in [3.8, 4) is 22.3 Å². The van der Waals surface area contributed by atoms with Gasteiger partial charge >= 0.3 is 0 Å². The maximum Gasteiger partial charge on any atom is 0.145 e. The molecular formula is C50H31NO2. The van der Waals surface area contributed by atoms with E-state index in [0.717, 1.165) is 72.1 Å². The molecule has 0 unspecified atom stereocenters. The second-order valence-corrected chi connectivity index (χ2v) is 13.7. The molecule has 0 radical (unpaired) electrons. The van der Waals surface area contributed by atoms with Gasteiger partial charge in [-0.25, -0.2) is 0 Å². The van der Waals surface area contributed by atoms with Gasteiger partial charge in [-0.05, 0) is 98.9 Å². The van der Waals surface area contributed by atoms with Crippen LogP contribution in [0.4, 0.5) is 17.1 Å². The topological polar surface area (TPSA) is 29.5 Å². The highest BCUT2D eigenvalue weighted by Crippen LogP contribution is 2.47. The predicted octanol–water partition coefficient (Wildman–Crippen LogP) is 14.6. The molecule has 53 heavy (non-hydrogen) atoms. The van der Waals surface area contributed by atoms with E-state index in [9.17, 15) is 0 Å². The van der Waals surface area contributed by atoms with Gasteiger partial charge in [-0.15, -0.1) is 0 Å². The molecule has 0 amide bonds. The summed E-state index contributed by atoms with van der Waals surface area (Å²) in [5, 5.41) is 9.38. The van der Waals surface area contributed by atoms with Crippen molar-refractivity contribution in [2.24, 2.45) is 0 Å². The van der Waals surface area contributed by atoms with Gasteiger partial charge in [0.15, 0.2) is 0 Å². The third-order valence-corrected chi connectivity index (χ3v) is 10.7. The Bertz CT molecular complexity index is 3170. The molecule has 9 aromatic carbocycles. The van der Waals surface area contributed by atoms with Gasteiger partial charge in [-0.2, -0.15) is 0 Å². The van der Waals surface area contributed by atoms with E-state index < -0.39 is 0 Å². The summed E-state index contributed by atoms with van der Waals surface area (Å²) in [7, 11) is 0. The lowest BCUT2D eigenvalue weighted by atomic mass is 9.97. The van der Waals surface area contributed by atoms with Crippen LogP contribution in [0.3, 0.4) is 0 Å². The summed E-state index contributed by atoms with van der Waals surface area (Å²) in [4.78, 5) is 2.36. The highest BCUT2D eigenvalue weighted by atomic mass is 16.3. The summed E-state index contributed by atoms with van der Waals surface area (Å²) in [6, 6.07) is 66.8. The molecule has 0 N–H and O–H groups in total. The van der Waals surface area contributed by atoms with Crippen LogP contribution in [0.25, 0.3) is 87.7 Å². The number of rotatable bonds is 5. The van der Waals surface area contributed by atoms with Crippen LogP contribution >= 0.6 is 0 Å². The lowest BCUT2D eigenvalue weighted by molar-refractivity contribution is 0.669. The zero-order chi connectivity index (χ0) is 34.9. The average molecular weight is 678 g/mol. The Balaban J connectivity index is 1.12. The number of para-hydroxylation sites is 2. The van der Waals surface area contributed by atoms with E-state index in [0.29, 0.717) is 0 Å². The van der Waals surface area contributed by atoms with Crippen molar-refractivity contribution in [1.82, 2.24) is 0 Å². The van der Waals surface area contributed by atoms with E-state index in [-0.39, 0.29) is 0 Å². The molecule has 3 heteroatoms. The average Bonchev–Trinajstić information content (AvgIpc) is 3.80. The van der Waals surface area contributed by atoms with E-state index in [2.05, 4.69) is 175 Å². The van der Waals surface area contributed by atoms with Gasteiger partial charge in [-0.1, -0.05) is 127 Å². The van der Waals surface area contributed by atoms with Gasteiger partial charge in [-0.3, -0.25) is 0 Å². The van der Waals surface area contributed by atoms with Gasteiger partial charge in [0.25, 0.3) is 0 Å². The summed E-state index contributed by atoms with van der Waals surface area (Å²) in [5.41, 5.74) is 11.2. The predicted molar refractivity (Wildman–Crippen MR) is 222 cm³/mol. The van der Waals surface area contributed by atoms with Gasteiger partial charge in [0, 0.05) is 33.1 Å². The number of benzene rings is 9. The van der Waals surface area contributed by atoms with Crippen LogP contribution in [0.1, 0.15) is 0 Å². The molecule has 0 bridgehead atoms. The summed E-state index contributed by atoms with van der Waals surface area (Å²) >= 11 is 0. The Morgan fingerprint density at radius 1 is 0.340 bits per heavy atom. The van der Waals surface area contributed by atoms with Crippen LogP contribution in [0, 0.1) is 0 Å². The van der Waals surface area contributed by atoms with E-state index in [1.165, 1.54) is 32.7 Å². The molecule has 2 aromatic heterocycles. The van der Waals surface area contributed by atoms with E-state index in [1.807, 2.05) is 18.2 Å². The molecule has 0 aliphatic rings.